The van der Waals surface area contributed by atoms with Gasteiger partial charge in [0.1, 0.15) is 0 Å². The summed E-state index contributed by atoms with van der Waals surface area (Å²) in [4.78, 5) is 4.37. The average molecular weight is 424 g/mol. The van der Waals surface area contributed by atoms with Gasteiger partial charge in [0.25, 0.3) is 0 Å². The molecule has 0 bridgehead atoms. The molecule has 0 radical (unpaired) electrons. The number of hydrogen-bond acceptors (Lipinski definition) is 7. The van der Waals surface area contributed by atoms with Gasteiger partial charge in [-0.1, -0.05) is 29.3 Å². The predicted octanol–water partition coefficient (Wildman–Crippen LogP) is 5.30. The Morgan fingerprint density at radius 1 is 1.03 bits per heavy atom. The molecule has 0 atom stereocenters. The van der Waals surface area contributed by atoms with Crippen molar-refractivity contribution in [2.45, 2.75) is 19.8 Å². The quantitative estimate of drug-likeness (QED) is 0.552. The number of rotatable bonds is 6. The lowest BCUT2D eigenvalue weighted by Crippen LogP contribution is -2.05. The first-order valence-corrected chi connectivity index (χ1v) is 9.36. The minimum atomic E-state index is 0.106. The summed E-state index contributed by atoms with van der Waals surface area (Å²) >= 11 is 12.5. The molecule has 0 amide bonds. The second kappa shape index (κ2) is 9.20. The van der Waals surface area contributed by atoms with Crippen LogP contribution in [0.3, 0.4) is 0 Å². The van der Waals surface area contributed by atoms with E-state index in [1.54, 1.807) is 24.3 Å². The molecule has 0 saturated heterocycles. The summed E-state index contributed by atoms with van der Waals surface area (Å²) in [5.74, 6) is 0.536. The van der Waals surface area contributed by atoms with Crippen molar-refractivity contribution in [2.75, 3.05) is 10.6 Å². The van der Waals surface area contributed by atoms with Crippen molar-refractivity contribution in [2.24, 2.45) is 0 Å². The number of aryl methyl sites for hydroxylation is 2. The lowest BCUT2D eigenvalue weighted by molar-refractivity contribution is 0.980. The Bertz CT molecular complexity index is 1090. The van der Waals surface area contributed by atoms with E-state index in [4.69, 9.17) is 33.7 Å². The number of nitriles is 2. The lowest BCUT2D eigenvalue weighted by Gasteiger charge is -2.13. The van der Waals surface area contributed by atoms with Crippen LogP contribution in [0.4, 0.5) is 23.1 Å². The molecule has 29 heavy (non-hydrogen) atoms. The van der Waals surface area contributed by atoms with Crippen LogP contribution in [0.5, 0.6) is 0 Å². The number of aromatic nitrogens is 3. The number of halogens is 2. The van der Waals surface area contributed by atoms with E-state index in [1.165, 1.54) is 0 Å². The van der Waals surface area contributed by atoms with Gasteiger partial charge in [-0.25, -0.2) is 0 Å². The van der Waals surface area contributed by atoms with Crippen LogP contribution in [0.25, 0.3) is 0 Å². The molecule has 3 aromatic rings. The maximum Gasteiger partial charge on any atom is 0.249 e. The highest BCUT2D eigenvalue weighted by molar-refractivity contribution is 6.33. The van der Waals surface area contributed by atoms with E-state index in [9.17, 15) is 0 Å². The second-order valence-electron chi connectivity index (χ2n) is 6.14. The molecule has 0 aliphatic heterocycles. The van der Waals surface area contributed by atoms with Crippen molar-refractivity contribution in [3.05, 3.63) is 63.3 Å². The molecule has 0 fully saturated rings. The Kier molecular flexibility index (Phi) is 6.46. The van der Waals surface area contributed by atoms with Crippen LogP contribution in [0, 0.1) is 29.6 Å². The molecule has 144 valence electrons. The van der Waals surface area contributed by atoms with Gasteiger partial charge in [0.05, 0.1) is 28.4 Å². The summed E-state index contributed by atoms with van der Waals surface area (Å²) in [7, 11) is 0. The van der Waals surface area contributed by atoms with Gasteiger partial charge in [-0.05, 0) is 54.8 Å². The summed E-state index contributed by atoms with van der Waals surface area (Å²) < 4.78 is 0. The molecular weight excluding hydrogens is 409 g/mol. The highest BCUT2D eigenvalue weighted by Crippen LogP contribution is 2.31. The van der Waals surface area contributed by atoms with Crippen LogP contribution in [0.15, 0.2) is 36.4 Å². The standard InChI is InChI=1S/C20H15Cl2N7/c1-12-9-14(3-2-8-23)10-16(21)17(12)26-20-27-19(18(22)28-29-20)25-15-6-4-13(11-24)5-7-15/h4-7,9-10H,2-3H2,1H3,(H2,25,26,27,29). The lowest BCUT2D eigenvalue weighted by atomic mass is 10.1. The number of nitrogens with one attached hydrogen (secondary N) is 2. The van der Waals surface area contributed by atoms with E-state index in [0.717, 1.165) is 11.1 Å². The fourth-order valence-electron chi connectivity index (χ4n) is 2.64. The molecule has 2 N–H and O–H groups in total. The molecule has 1 aromatic heterocycles. The van der Waals surface area contributed by atoms with Crippen molar-refractivity contribution < 1.29 is 0 Å². The largest absolute Gasteiger partial charge is 0.337 e. The number of anilines is 4. The third kappa shape index (κ3) is 5.11. The molecule has 3 rings (SSSR count). The van der Waals surface area contributed by atoms with Crippen LogP contribution >= 0.6 is 23.2 Å². The maximum atomic E-state index is 8.89. The highest BCUT2D eigenvalue weighted by atomic mass is 35.5. The third-order valence-electron chi connectivity index (χ3n) is 4.03. The maximum absolute atomic E-state index is 8.89. The summed E-state index contributed by atoms with van der Waals surface area (Å²) in [5.41, 5.74) is 3.78. The molecular formula is C20H15Cl2N7. The van der Waals surface area contributed by atoms with Crippen LogP contribution < -0.4 is 10.6 Å². The number of benzene rings is 2. The van der Waals surface area contributed by atoms with Gasteiger partial charge in [0.2, 0.25) is 5.95 Å². The van der Waals surface area contributed by atoms with Crippen molar-refractivity contribution in [3.8, 4) is 12.1 Å². The van der Waals surface area contributed by atoms with E-state index in [2.05, 4.69) is 38.0 Å². The molecule has 0 spiro atoms. The molecule has 7 nitrogen and oxygen atoms in total. The summed E-state index contributed by atoms with van der Waals surface area (Å²) in [5, 5.41) is 32.3. The Labute approximate surface area is 177 Å². The van der Waals surface area contributed by atoms with E-state index >= 15 is 0 Å². The van der Waals surface area contributed by atoms with Gasteiger partial charge >= 0.3 is 0 Å². The van der Waals surface area contributed by atoms with E-state index in [-0.39, 0.29) is 11.1 Å². The summed E-state index contributed by atoms with van der Waals surface area (Å²) in [6.45, 7) is 1.91. The van der Waals surface area contributed by atoms with Crippen molar-refractivity contribution in [3.63, 3.8) is 0 Å². The zero-order valence-corrected chi connectivity index (χ0v) is 16.9. The monoisotopic (exact) mass is 423 g/mol. The average Bonchev–Trinajstić information content (AvgIpc) is 2.72. The molecule has 9 heteroatoms. The van der Waals surface area contributed by atoms with Crippen LogP contribution in [0.2, 0.25) is 10.2 Å². The first-order valence-electron chi connectivity index (χ1n) is 8.60. The Hall–Kier alpha value is -3.39. The molecule has 0 saturated carbocycles. The van der Waals surface area contributed by atoms with Crippen LogP contribution in [0.1, 0.15) is 23.1 Å². The molecule has 0 aliphatic rings. The normalized spacial score (nSPS) is 10.1. The molecule has 1 heterocycles. The Balaban J connectivity index is 1.83. The first-order chi connectivity index (χ1) is 14.0. The second-order valence-corrected chi connectivity index (χ2v) is 6.91. The molecule has 0 aliphatic carbocycles. The van der Waals surface area contributed by atoms with E-state index < -0.39 is 0 Å². The minimum Gasteiger partial charge on any atom is -0.337 e. The van der Waals surface area contributed by atoms with E-state index in [1.807, 2.05) is 19.1 Å². The van der Waals surface area contributed by atoms with Crippen LogP contribution in [-0.2, 0) is 6.42 Å². The fourth-order valence-corrected chi connectivity index (χ4v) is 3.10. The van der Waals surface area contributed by atoms with Gasteiger partial charge < -0.3 is 10.6 Å². The third-order valence-corrected chi connectivity index (χ3v) is 4.58. The molecule has 2 aromatic carbocycles. The van der Waals surface area contributed by atoms with Gasteiger partial charge in [-0.3, -0.25) is 0 Å². The Morgan fingerprint density at radius 3 is 2.45 bits per heavy atom. The topological polar surface area (TPSA) is 110 Å². The highest BCUT2D eigenvalue weighted by Gasteiger charge is 2.12. The summed E-state index contributed by atoms with van der Waals surface area (Å²) in [6.07, 6.45) is 1.06. The smallest absolute Gasteiger partial charge is 0.249 e. The number of hydrogen-bond donors (Lipinski definition) is 2. The van der Waals surface area contributed by atoms with Gasteiger partial charge in [0, 0.05) is 12.1 Å². The zero-order chi connectivity index (χ0) is 20.8. The fraction of sp³-hybridized carbons (Fsp3) is 0.150. The van der Waals surface area contributed by atoms with Gasteiger partial charge in [-0.15, -0.1) is 10.2 Å². The van der Waals surface area contributed by atoms with Crippen molar-refractivity contribution in [1.82, 2.24) is 15.2 Å². The van der Waals surface area contributed by atoms with Crippen LogP contribution in [-0.4, -0.2) is 15.2 Å². The minimum absolute atomic E-state index is 0.106. The SMILES string of the molecule is Cc1cc(CCC#N)cc(Cl)c1Nc1nnc(Cl)c(Nc2ccc(C#N)cc2)n1. The molecule has 0 unspecified atom stereocenters. The zero-order valence-electron chi connectivity index (χ0n) is 15.4. The van der Waals surface area contributed by atoms with Gasteiger partial charge in [-0.2, -0.15) is 15.5 Å². The van der Waals surface area contributed by atoms with Crippen molar-refractivity contribution in [1.29, 1.82) is 10.5 Å². The van der Waals surface area contributed by atoms with Gasteiger partial charge in [0.15, 0.2) is 11.0 Å². The Morgan fingerprint density at radius 2 is 1.79 bits per heavy atom. The number of nitrogens with zero attached hydrogens (tertiary/aromatic N) is 5. The van der Waals surface area contributed by atoms with Crippen molar-refractivity contribution >= 4 is 46.3 Å². The summed E-state index contributed by atoms with van der Waals surface area (Å²) in [6, 6.07) is 14.8. The predicted molar refractivity (Wildman–Crippen MR) is 113 cm³/mol. The van der Waals surface area contributed by atoms with E-state index in [0.29, 0.717) is 40.6 Å². The first kappa shape index (κ1) is 20.3.